The molecule has 0 aliphatic rings. The fourth-order valence-electron chi connectivity index (χ4n) is 1.21. The highest BCUT2D eigenvalue weighted by molar-refractivity contribution is 5.98. The molecule has 0 aliphatic heterocycles. The van der Waals surface area contributed by atoms with Crippen LogP contribution in [0.1, 0.15) is 23.7 Å². The topological polar surface area (TPSA) is 98.2 Å². The van der Waals surface area contributed by atoms with E-state index in [1.807, 2.05) is 0 Å². The van der Waals surface area contributed by atoms with Gasteiger partial charge in [0.15, 0.2) is 0 Å². The summed E-state index contributed by atoms with van der Waals surface area (Å²) in [5.41, 5.74) is 10.5. The van der Waals surface area contributed by atoms with Crippen molar-refractivity contribution in [3.05, 3.63) is 29.6 Å². The van der Waals surface area contributed by atoms with Gasteiger partial charge < -0.3 is 16.8 Å². The summed E-state index contributed by atoms with van der Waals surface area (Å²) in [4.78, 5) is 22.4. The second-order valence-corrected chi connectivity index (χ2v) is 3.56. The van der Waals surface area contributed by atoms with Crippen molar-refractivity contribution in [2.75, 3.05) is 5.32 Å². The van der Waals surface area contributed by atoms with Crippen LogP contribution in [-0.2, 0) is 4.79 Å². The lowest BCUT2D eigenvalue weighted by atomic mass is 10.1. The SMILES string of the molecule is CCC(N)C(=O)Nc1ccc(F)c(C(N)=O)c1. The number of nitrogens with two attached hydrogens (primary N) is 2. The predicted molar refractivity (Wildman–Crippen MR) is 61.8 cm³/mol. The molecule has 17 heavy (non-hydrogen) atoms. The Labute approximate surface area is 98.0 Å². The Balaban J connectivity index is 2.90. The minimum absolute atomic E-state index is 0.270. The Morgan fingerprint density at radius 2 is 2.12 bits per heavy atom. The Morgan fingerprint density at radius 1 is 1.47 bits per heavy atom. The van der Waals surface area contributed by atoms with Gasteiger partial charge in [0.05, 0.1) is 11.6 Å². The van der Waals surface area contributed by atoms with Crippen LogP contribution >= 0.6 is 0 Å². The van der Waals surface area contributed by atoms with E-state index in [-0.39, 0.29) is 11.3 Å². The maximum Gasteiger partial charge on any atom is 0.251 e. The van der Waals surface area contributed by atoms with Gasteiger partial charge in [-0.25, -0.2) is 4.39 Å². The average molecular weight is 239 g/mol. The zero-order valence-corrected chi connectivity index (χ0v) is 9.37. The highest BCUT2D eigenvalue weighted by atomic mass is 19.1. The van der Waals surface area contributed by atoms with E-state index < -0.39 is 23.7 Å². The second kappa shape index (κ2) is 5.40. The summed E-state index contributed by atoms with van der Waals surface area (Å²) < 4.78 is 13.1. The lowest BCUT2D eigenvalue weighted by molar-refractivity contribution is -0.117. The molecule has 0 bridgehead atoms. The summed E-state index contributed by atoms with van der Waals surface area (Å²) in [7, 11) is 0. The van der Waals surface area contributed by atoms with Crippen LogP contribution in [-0.4, -0.2) is 17.9 Å². The van der Waals surface area contributed by atoms with E-state index in [2.05, 4.69) is 5.32 Å². The molecule has 0 radical (unpaired) electrons. The zero-order valence-electron chi connectivity index (χ0n) is 9.37. The van der Waals surface area contributed by atoms with E-state index in [0.717, 1.165) is 6.07 Å². The molecular weight excluding hydrogens is 225 g/mol. The number of amides is 2. The number of rotatable bonds is 4. The molecule has 1 aromatic rings. The molecule has 0 saturated carbocycles. The van der Waals surface area contributed by atoms with Crippen molar-refractivity contribution in [2.45, 2.75) is 19.4 Å². The number of hydrogen-bond donors (Lipinski definition) is 3. The summed E-state index contributed by atoms with van der Waals surface area (Å²) in [6, 6.07) is 2.93. The number of carbonyl (C=O) groups excluding carboxylic acids is 2. The Kier molecular flexibility index (Phi) is 4.17. The Bertz CT molecular complexity index is 448. The number of carbonyl (C=O) groups is 2. The second-order valence-electron chi connectivity index (χ2n) is 3.56. The number of anilines is 1. The van der Waals surface area contributed by atoms with Crippen LogP contribution < -0.4 is 16.8 Å². The number of hydrogen-bond acceptors (Lipinski definition) is 3. The summed E-state index contributed by atoms with van der Waals surface area (Å²) in [5, 5.41) is 2.48. The summed E-state index contributed by atoms with van der Waals surface area (Å²) in [6.45, 7) is 1.77. The minimum atomic E-state index is -0.890. The van der Waals surface area contributed by atoms with Crippen molar-refractivity contribution in [1.82, 2.24) is 0 Å². The minimum Gasteiger partial charge on any atom is -0.366 e. The number of halogens is 1. The van der Waals surface area contributed by atoms with Gasteiger partial charge in [-0.3, -0.25) is 9.59 Å². The molecule has 0 aromatic heterocycles. The van der Waals surface area contributed by atoms with Gasteiger partial charge in [0.1, 0.15) is 5.82 Å². The molecule has 1 atom stereocenters. The molecule has 0 spiro atoms. The van der Waals surface area contributed by atoms with Crippen LogP contribution in [0.25, 0.3) is 0 Å². The number of nitrogens with one attached hydrogen (secondary N) is 1. The van der Waals surface area contributed by atoms with E-state index >= 15 is 0 Å². The van der Waals surface area contributed by atoms with Crippen LogP contribution in [0.4, 0.5) is 10.1 Å². The van der Waals surface area contributed by atoms with Gasteiger partial charge in [-0.2, -0.15) is 0 Å². The lowest BCUT2D eigenvalue weighted by Crippen LogP contribution is -2.34. The molecule has 0 fully saturated rings. The van der Waals surface area contributed by atoms with Gasteiger partial charge >= 0.3 is 0 Å². The zero-order chi connectivity index (χ0) is 13.0. The summed E-state index contributed by atoms with van der Waals surface area (Å²) >= 11 is 0. The first kappa shape index (κ1) is 13.1. The first-order valence-corrected chi connectivity index (χ1v) is 5.11. The first-order chi connectivity index (χ1) is 7.95. The number of primary amides is 1. The normalized spacial score (nSPS) is 11.9. The molecule has 0 saturated heterocycles. The van der Waals surface area contributed by atoms with Crippen molar-refractivity contribution >= 4 is 17.5 Å². The molecule has 1 aromatic carbocycles. The molecular formula is C11H14FN3O2. The molecule has 1 unspecified atom stereocenters. The molecule has 1 rings (SSSR count). The lowest BCUT2D eigenvalue weighted by Gasteiger charge is -2.10. The highest BCUT2D eigenvalue weighted by Gasteiger charge is 2.13. The Hall–Kier alpha value is -1.95. The highest BCUT2D eigenvalue weighted by Crippen LogP contribution is 2.14. The van der Waals surface area contributed by atoms with Crippen molar-refractivity contribution < 1.29 is 14.0 Å². The molecule has 0 heterocycles. The van der Waals surface area contributed by atoms with Crippen molar-refractivity contribution in [3.63, 3.8) is 0 Å². The predicted octanol–water partition coefficient (Wildman–Crippen LogP) is 0.600. The standard InChI is InChI=1S/C11H14FN3O2/c1-2-9(13)11(17)15-6-3-4-8(12)7(5-6)10(14)16/h3-5,9H,2,13H2,1H3,(H2,14,16)(H,15,17). The van der Waals surface area contributed by atoms with Gasteiger partial charge in [0.2, 0.25) is 5.91 Å². The third kappa shape index (κ3) is 3.25. The van der Waals surface area contributed by atoms with E-state index in [9.17, 15) is 14.0 Å². The van der Waals surface area contributed by atoms with Crippen LogP contribution in [0.3, 0.4) is 0 Å². The van der Waals surface area contributed by atoms with Gasteiger partial charge in [0.25, 0.3) is 5.91 Å². The van der Waals surface area contributed by atoms with E-state index in [1.54, 1.807) is 6.92 Å². The van der Waals surface area contributed by atoms with Crippen LogP contribution in [0.15, 0.2) is 18.2 Å². The van der Waals surface area contributed by atoms with Gasteiger partial charge in [-0.1, -0.05) is 6.92 Å². The number of benzene rings is 1. The monoisotopic (exact) mass is 239 g/mol. The molecule has 2 amide bonds. The van der Waals surface area contributed by atoms with Crippen molar-refractivity contribution in [1.29, 1.82) is 0 Å². The van der Waals surface area contributed by atoms with Crippen molar-refractivity contribution in [2.24, 2.45) is 11.5 Å². The smallest absolute Gasteiger partial charge is 0.251 e. The van der Waals surface area contributed by atoms with E-state index in [0.29, 0.717) is 6.42 Å². The van der Waals surface area contributed by atoms with Gasteiger partial charge in [0, 0.05) is 5.69 Å². The first-order valence-electron chi connectivity index (χ1n) is 5.11. The third-order valence-electron chi connectivity index (χ3n) is 2.28. The van der Waals surface area contributed by atoms with Gasteiger partial charge in [-0.05, 0) is 24.6 Å². The third-order valence-corrected chi connectivity index (χ3v) is 2.28. The summed E-state index contributed by atoms with van der Waals surface area (Å²) in [6.07, 6.45) is 0.482. The summed E-state index contributed by atoms with van der Waals surface area (Å²) in [5.74, 6) is -2.01. The maximum absolute atomic E-state index is 13.1. The quantitative estimate of drug-likeness (QED) is 0.717. The van der Waals surface area contributed by atoms with Gasteiger partial charge in [-0.15, -0.1) is 0 Å². The van der Waals surface area contributed by atoms with Crippen LogP contribution in [0.5, 0.6) is 0 Å². The fourth-order valence-corrected chi connectivity index (χ4v) is 1.21. The largest absolute Gasteiger partial charge is 0.366 e. The average Bonchev–Trinajstić information content (AvgIpc) is 2.30. The molecule has 6 heteroatoms. The van der Waals surface area contributed by atoms with E-state index in [4.69, 9.17) is 11.5 Å². The molecule has 5 nitrogen and oxygen atoms in total. The fraction of sp³-hybridized carbons (Fsp3) is 0.273. The molecule has 5 N–H and O–H groups in total. The van der Waals surface area contributed by atoms with Crippen molar-refractivity contribution in [3.8, 4) is 0 Å². The van der Waals surface area contributed by atoms with Crippen LogP contribution in [0.2, 0.25) is 0 Å². The molecule has 0 aliphatic carbocycles. The van der Waals surface area contributed by atoms with E-state index in [1.165, 1.54) is 12.1 Å². The molecule has 92 valence electrons. The Morgan fingerprint density at radius 3 is 2.65 bits per heavy atom. The maximum atomic E-state index is 13.1. The van der Waals surface area contributed by atoms with Crippen LogP contribution in [0, 0.1) is 5.82 Å².